The lowest BCUT2D eigenvalue weighted by Gasteiger charge is -2.40. The normalized spacial score (nSPS) is 16.5. The van der Waals surface area contributed by atoms with Gasteiger partial charge in [-0.05, 0) is 37.0 Å². The first-order chi connectivity index (χ1) is 14.3. The first kappa shape index (κ1) is 21.6. The molecule has 1 aliphatic heterocycles. The zero-order valence-corrected chi connectivity index (χ0v) is 17.5. The smallest absolute Gasteiger partial charge is 0.325 e. The first-order valence-corrected chi connectivity index (χ1v) is 10.0. The lowest BCUT2D eigenvalue weighted by molar-refractivity contribution is -0.136. The Morgan fingerprint density at radius 2 is 2.10 bits per heavy atom. The molecular weight excluding hydrogens is 388 g/mol. The number of hydrogen-bond acceptors (Lipinski definition) is 6. The average molecular weight is 416 g/mol. The number of aryl methyl sites for hydroxylation is 2. The van der Waals surface area contributed by atoms with Crippen LogP contribution < -0.4 is 15.5 Å². The molecule has 9 heteroatoms. The van der Waals surface area contributed by atoms with Crippen LogP contribution >= 0.6 is 0 Å². The van der Waals surface area contributed by atoms with Crippen molar-refractivity contribution < 1.29 is 24.0 Å². The molecule has 1 fully saturated rings. The van der Waals surface area contributed by atoms with E-state index in [1.807, 2.05) is 18.2 Å². The van der Waals surface area contributed by atoms with E-state index in [1.54, 1.807) is 13.0 Å². The molecule has 30 heavy (non-hydrogen) atoms. The number of carboxylic acids is 1. The van der Waals surface area contributed by atoms with Crippen LogP contribution in [0.25, 0.3) is 0 Å². The van der Waals surface area contributed by atoms with Crippen LogP contribution in [-0.4, -0.2) is 48.1 Å². The molecule has 0 radical (unpaired) electrons. The molecular formula is C21H28N4O5. The molecule has 0 spiro atoms. The number of carbonyl (C=O) groups is 2. The first-order valence-electron chi connectivity index (χ1n) is 10.0. The predicted molar refractivity (Wildman–Crippen MR) is 113 cm³/mol. The van der Waals surface area contributed by atoms with E-state index >= 15 is 0 Å². The van der Waals surface area contributed by atoms with Crippen molar-refractivity contribution in [3.05, 3.63) is 35.6 Å². The second-order valence-corrected chi connectivity index (χ2v) is 7.73. The van der Waals surface area contributed by atoms with Gasteiger partial charge in [0.15, 0.2) is 5.82 Å². The molecule has 2 amide bonds. The second kappa shape index (κ2) is 9.62. The number of anilines is 3. The number of morpholine rings is 1. The van der Waals surface area contributed by atoms with Crippen LogP contribution in [0.1, 0.15) is 31.6 Å². The van der Waals surface area contributed by atoms with E-state index < -0.39 is 12.0 Å². The Morgan fingerprint density at radius 3 is 2.77 bits per heavy atom. The van der Waals surface area contributed by atoms with Gasteiger partial charge in [-0.15, -0.1) is 0 Å². The summed E-state index contributed by atoms with van der Waals surface area (Å²) in [6.07, 6.45) is 0.403. The van der Waals surface area contributed by atoms with Gasteiger partial charge in [0.2, 0.25) is 0 Å². The van der Waals surface area contributed by atoms with Crippen LogP contribution in [0.5, 0.6) is 0 Å². The maximum absolute atomic E-state index is 12.6. The van der Waals surface area contributed by atoms with Crippen LogP contribution in [0.3, 0.4) is 0 Å². The molecule has 0 aliphatic carbocycles. The molecule has 2 heterocycles. The fourth-order valence-corrected chi connectivity index (χ4v) is 3.51. The SMILES string of the molecule is Cc1cc(NC(=O)Nc2cc(CCC(=O)O)ccc2N2CCOC[C@@H]2C(C)C)no1. The van der Waals surface area contributed by atoms with Crippen molar-refractivity contribution >= 4 is 29.2 Å². The summed E-state index contributed by atoms with van der Waals surface area (Å²) in [7, 11) is 0. The fraction of sp³-hybridized carbons (Fsp3) is 0.476. The zero-order chi connectivity index (χ0) is 21.7. The van der Waals surface area contributed by atoms with Crippen LogP contribution in [0.4, 0.5) is 22.0 Å². The topological polar surface area (TPSA) is 117 Å². The predicted octanol–water partition coefficient (Wildman–Crippen LogP) is 3.51. The van der Waals surface area contributed by atoms with Gasteiger partial charge in [-0.3, -0.25) is 10.1 Å². The molecule has 1 aliphatic rings. The summed E-state index contributed by atoms with van der Waals surface area (Å²) in [5, 5.41) is 18.3. The van der Waals surface area contributed by atoms with E-state index in [9.17, 15) is 9.59 Å². The second-order valence-electron chi connectivity index (χ2n) is 7.73. The Kier molecular flexibility index (Phi) is 6.94. The van der Waals surface area contributed by atoms with Crippen molar-refractivity contribution in [2.45, 2.75) is 39.7 Å². The monoisotopic (exact) mass is 416 g/mol. The van der Waals surface area contributed by atoms with E-state index in [0.717, 1.165) is 11.3 Å². The van der Waals surface area contributed by atoms with Gasteiger partial charge in [0, 0.05) is 19.0 Å². The highest BCUT2D eigenvalue weighted by atomic mass is 16.5. The number of nitrogens with zero attached hydrogens (tertiary/aromatic N) is 2. The van der Waals surface area contributed by atoms with Gasteiger partial charge in [-0.1, -0.05) is 25.1 Å². The van der Waals surface area contributed by atoms with Crippen LogP contribution in [-0.2, 0) is 16.0 Å². The van der Waals surface area contributed by atoms with Crippen LogP contribution in [0, 0.1) is 12.8 Å². The summed E-state index contributed by atoms with van der Waals surface area (Å²) < 4.78 is 10.6. The van der Waals surface area contributed by atoms with Crippen molar-refractivity contribution in [2.24, 2.45) is 5.92 Å². The maximum Gasteiger partial charge on any atom is 0.325 e. The maximum atomic E-state index is 12.6. The molecule has 3 N–H and O–H groups in total. The Labute approximate surface area is 175 Å². The molecule has 1 aromatic heterocycles. The molecule has 0 saturated carbocycles. The number of ether oxygens (including phenoxy) is 1. The molecule has 1 saturated heterocycles. The third kappa shape index (κ3) is 5.50. The third-order valence-electron chi connectivity index (χ3n) is 5.05. The minimum atomic E-state index is -0.860. The summed E-state index contributed by atoms with van der Waals surface area (Å²) in [4.78, 5) is 25.8. The summed E-state index contributed by atoms with van der Waals surface area (Å²) >= 11 is 0. The Bertz CT molecular complexity index is 895. The van der Waals surface area contributed by atoms with E-state index in [1.165, 1.54) is 0 Å². The van der Waals surface area contributed by atoms with E-state index in [4.69, 9.17) is 14.4 Å². The van der Waals surface area contributed by atoms with Gasteiger partial charge in [-0.25, -0.2) is 4.79 Å². The highest BCUT2D eigenvalue weighted by Gasteiger charge is 2.28. The Hall–Kier alpha value is -3.07. The molecule has 0 unspecified atom stereocenters. The molecule has 1 aromatic carbocycles. The van der Waals surface area contributed by atoms with E-state index in [-0.39, 0.29) is 12.5 Å². The highest BCUT2D eigenvalue weighted by molar-refractivity contribution is 6.01. The van der Waals surface area contributed by atoms with Gasteiger partial charge < -0.3 is 24.6 Å². The molecule has 3 rings (SSSR count). The minimum absolute atomic E-state index is 0.0232. The molecule has 9 nitrogen and oxygen atoms in total. The van der Waals surface area contributed by atoms with Crippen molar-refractivity contribution in [3.8, 4) is 0 Å². The molecule has 0 bridgehead atoms. The van der Waals surface area contributed by atoms with Crippen molar-refractivity contribution in [3.63, 3.8) is 0 Å². The number of hydrogen-bond donors (Lipinski definition) is 3. The number of carboxylic acid groups (broad SMARTS) is 1. The Morgan fingerprint density at radius 1 is 1.30 bits per heavy atom. The standard InChI is InChI=1S/C21H28N4O5/c1-13(2)18-12-29-9-8-25(18)17-6-4-15(5-7-20(26)27)11-16(17)22-21(28)23-19-10-14(3)30-24-19/h4,6,10-11,13,18H,5,7-9,12H2,1-3H3,(H,26,27)(H2,22,23,24,28)/t18-/m1/s1. The van der Waals surface area contributed by atoms with Gasteiger partial charge in [0.05, 0.1) is 30.6 Å². The molecule has 162 valence electrons. The molecule has 2 aromatic rings. The lowest BCUT2D eigenvalue weighted by atomic mass is 10.00. The van der Waals surface area contributed by atoms with Crippen LogP contribution in [0.2, 0.25) is 0 Å². The highest BCUT2D eigenvalue weighted by Crippen LogP contribution is 2.32. The van der Waals surface area contributed by atoms with Gasteiger partial charge in [0.1, 0.15) is 5.76 Å². The van der Waals surface area contributed by atoms with Crippen molar-refractivity contribution in [1.29, 1.82) is 0 Å². The van der Waals surface area contributed by atoms with E-state index in [0.29, 0.717) is 49.4 Å². The van der Waals surface area contributed by atoms with Crippen LogP contribution in [0.15, 0.2) is 28.8 Å². The number of rotatable bonds is 7. The van der Waals surface area contributed by atoms with Crippen molar-refractivity contribution in [1.82, 2.24) is 5.16 Å². The van der Waals surface area contributed by atoms with Crippen molar-refractivity contribution in [2.75, 3.05) is 35.3 Å². The van der Waals surface area contributed by atoms with Gasteiger partial charge >= 0.3 is 12.0 Å². The number of nitrogens with one attached hydrogen (secondary N) is 2. The number of carbonyl (C=O) groups excluding carboxylic acids is 1. The molecule has 1 atom stereocenters. The summed E-state index contributed by atoms with van der Waals surface area (Å²) in [5.41, 5.74) is 2.33. The average Bonchev–Trinajstić information content (AvgIpc) is 3.11. The number of amides is 2. The Balaban J connectivity index is 1.86. The zero-order valence-electron chi connectivity index (χ0n) is 17.5. The lowest BCUT2D eigenvalue weighted by Crippen LogP contribution is -2.48. The fourth-order valence-electron chi connectivity index (χ4n) is 3.51. The number of aliphatic carboxylic acids is 1. The largest absolute Gasteiger partial charge is 0.481 e. The third-order valence-corrected chi connectivity index (χ3v) is 5.05. The van der Waals surface area contributed by atoms with Gasteiger partial charge in [-0.2, -0.15) is 0 Å². The van der Waals surface area contributed by atoms with E-state index in [2.05, 4.69) is 34.5 Å². The summed E-state index contributed by atoms with van der Waals surface area (Å²) in [6.45, 7) is 7.94. The quantitative estimate of drug-likeness (QED) is 0.632. The van der Waals surface area contributed by atoms with Gasteiger partial charge in [0.25, 0.3) is 0 Å². The number of aromatic nitrogens is 1. The summed E-state index contributed by atoms with van der Waals surface area (Å²) in [6, 6.07) is 7.03. The summed E-state index contributed by atoms with van der Waals surface area (Å²) in [5.74, 6) is 0.410. The number of urea groups is 1. The minimum Gasteiger partial charge on any atom is -0.481 e. The number of benzene rings is 1.